The molecule has 0 aliphatic carbocycles. The molecule has 6 heteroatoms. The lowest BCUT2D eigenvalue weighted by atomic mass is 9.99. The highest BCUT2D eigenvalue weighted by Crippen LogP contribution is 2.36. The van der Waals surface area contributed by atoms with Gasteiger partial charge in [0.25, 0.3) is 0 Å². The van der Waals surface area contributed by atoms with Crippen molar-refractivity contribution in [3.63, 3.8) is 0 Å². The van der Waals surface area contributed by atoms with Crippen molar-refractivity contribution in [2.75, 3.05) is 0 Å². The molecule has 2 N–H and O–H groups in total. The van der Waals surface area contributed by atoms with Crippen molar-refractivity contribution in [1.82, 2.24) is 10.6 Å². The molecular formula is C21H24ClFN2OS. The molecule has 0 spiro atoms. The monoisotopic (exact) mass is 406 g/mol. The Balaban J connectivity index is 0.00000210. The van der Waals surface area contributed by atoms with Crippen molar-refractivity contribution in [3.05, 3.63) is 66.0 Å². The van der Waals surface area contributed by atoms with E-state index in [-0.39, 0.29) is 35.4 Å². The highest BCUT2D eigenvalue weighted by atomic mass is 35.5. The van der Waals surface area contributed by atoms with Crippen LogP contribution in [0.2, 0.25) is 0 Å². The van der Waals surface area contributed by atoms with Gasteiger partial charge >= 0.3 is 0 Å². The average Bonchev–Trinajstić information content (AvgIpc) is 3.00. The maximum absolute atomic E-state index is 13.2. The molecule has 1 amide bonds. The average molecular weight is 407 g/mol. The summed E-state index contributed by atoms with van der Waals surface area (Å²) in [6, 6.07) is 17.5. The van der Waals surface area contributed by atoms with E-state index < -0.39 is 0 Å². The molecule has 2 aromatic carbocycles. The van der Waals surface area contributed by atoms with E-state index in [4.69, 9.17) is 0 Å². The molecule has 2 aliphatic rings. The number of benzene rings is 2. The second-order valence-electron chi connectivity index (χ2n) is 7.18. The van der Waals surface area contributed by atoms with Crippen LogP contribution in [0.3, 0.4) is 0 Å². The van der Waals surface area contributed by atoms with E-state index in [1.165, 1.54) is 36.7 Å². The molecule has 2 saturated heterocycles. The SMILES string of the molecule is Cl.O=C(NC1CC2CCC(C1)N2)C(Sc1ccc(F)cc1)c1ccccc1. The second kappa shape index (κ2) is 9.09. The minimum Gasteiger partial charge on any atom is -0.352 e. The molecule has 0 radical (unpaired) electrons. The summed E-state index contributed by atoms with van der Waals surface area (Å²) in [5, 5.41) is 6.54. The zero-order chi connectivity index (χ0) is 17.9. The summed E-state index contributed by atoms with van der Waals surface area (Å²) in [7, 11) is 0. The fourth-order valence-corrected chi connectivity index (χ4v) is 5.04. The largest absolute Gasteiger partial charge is 0.352 e. The number of hydrogen-bond donors (Lipinski definition) is 2. The van der Waals surface area contributed by atoms with E-state index in [9.17, 15) is 9.18 Å². The number of rotatable bonds is 5. The fourth-order valence-electron chi connectivity index (χ4n) is 4.00. The van der Waals surface area contributed by atoms with Crippen LogP contribution in [-0.2, 0) is 4.79 Å². The molecule has 2 heterocycles. The minimum absolute atomic E-state index is 0. The quantitative estimate of drug-likeness (QED) is 0.719. The Kier molecular flexibility index (Phi) is 6.79. The summed E-state index contributed by atoms with van der Waals surface area (Å²) in [5.41, 5.74) is 0.969. The summed E-state index contributed by atoms with van der Waals surface area (Å²) >= 11 is 1.47. The predicted molar refractivity (Wildman–Crippen MR) is 110 cm³/mol. The van der Waals surface area contributed by atoms with Crippen LogP contribution >= 0.6 is 24.2 Å². The first kappa shape index (κ1) is 20.2. The summed E-state index contributed by atoms with van der Waals surface area (Å²) in [6.45, 7) is 0. The Morgan fingerprint density at radius 1 is 1.04 bits per heavy atom. The van der Waals surface area contributed by atoms with Crippen molar-refractivity contribution >= 4 is 30.1 Å². The first-order valence-electron chi connectivity index (χ1n) is 9.21. The van der Waals surface area contributed by atoms with Gasteiger partial charge in [0.2, 0.25) is 5.91 Å². The molecule has 27 heavy (non-hydrogen) atoms. The summed E-state index contributed by atoms with van der Waals surface area (Å²) in [4.78, 5) is 14.0. The molecule has 2 fully saturated rings. The highest BCUT2D eigenvalue weighted by molar-refractivity contribution is 8.00. The first-order valence-corrected chi connectivity index (χ1v) is 10.1. The number of amides is 1. The van der Waals surface area contributed by atoms with Gasteiger partial charge in [0.15, 0.2) is 0 Å². The number of piperidine rings is 1. The van der Waals surface area contributed by atoms with Crippen LogP contribution in [0.25, 0.3) is 0 Å². The normalized spacial score (nSPS) is 24.7. The topological polar surface area (TPSA) is 41.1 Å². The highest BCUT2D eigenvalue weighted by Gasteiger charge is 2.35. The van der Waals surface area contributed by atoms with Gasteiger partial charge in [-0.3, -0.25) is 4.79 Å². The van der Waals surface area contributed by atoms with Crippen molar-refractivity contribution in [3.8, 4) is 0 Å². The van der Waals surface area contributed by atoms with Crippen LogP contribution in [0.5, 0.6) is 0 Å². The molecule has 3 unspecified atom stereocenters. The van der Waals surface area contributed by atoms with Crippen molar-refractivity contribution in [1.29, 1.82) is 0 Å². The molecule has 4 rings (SSSR count). The molecule has 3 atom stereocenters. The molecule has 2 bridgehead atoms. The number of hydrogen-bond acceptors (Lipinski definition) is 3. The third-order valence-electron chi connectivity index (χ3n) is 5.23. The van der Waals surface area contributed by atoms with Crippen LogP contribution in [0.1, 0.15) is 36.5 Å². The molecule has 2 aliphatic heterocycles. The number of carbonyl (C=O) groups is 1. The van der Waals surface area contributed by atoms with Gasteiger partial charge < -0.3 is 10.6 Å². The van der Waals surface area contributed by atoms with Gasteiger partial charge in [0.05, 0.1) is 0 Å². The number of fused-ring (bicyclic) bond motifs is 2. The van der Waals surface area contributed by atoms with Crippen LogP contribution in [-0.4, -0.2) is 24.0 Å². The van der Waals surface area contributed by atoms with E-state index >= 15 is 0 Å². The summed E-state index contributed by atoms with van der Waals surface area (Å²) in [5.74, 6) is -0.225. The summed E-state index contributed by atoms with van der Waals surface area (Å²) < 4.78 is 13.2. The molecule has 0 aromatic heterocycles. The van der Waals surface area contributed by atoms with Crippen molar-refractivity contribution in [2.45, 2.75) is 54.0 Å². The van der Waals surface area contributed by atoms with Crippen LogP contribution in [0.15, 0.2) is 59.5 Å². The van der Waals surface area contributed by atoms with Crippen LogP contribution in [0, 0.1) is 5.82 Å². The lowest BCUT2D eigenvalue weighted by molar-refractivity contribution is -0.121. The number of carbonyl (C=O) groups excluding carboxylic acids is 1. The number of nitrogens with one attached hydrogen (secondary N) is 2. The molecule has 3 nitrogen and oxygen atoms in total. The number of thioether (sulfide) groups is 1. The Bertz CT molecular complexity index is 747. The number of halogens is 2. The van der Waals surface area contributed by atoms with E-state index in [1.54, 1.807) is 12.1 Å². The molecule has 2 aromatic rings. The van der Waals surface area contributed by atoms with E-state index in [0.29, 0.717) is 12.1 Å². The zero-order valence-electron chi connectivity index (χ0n) is 14.9. The first-order chi connectivity index (χ1) is 12.7. The predicted octanol–water partition coefficient (Wildman–Crippen LogP) is 4.48. The minimum atomic E-state index is -0.339. The van der Waals surface area contributed by atoms with Gasteiger partial charge in [-0.1, -0.05) is 30.3 Å². The Morgan fingerprint density at radius 2 is 1.67 bits per heavy atom. The Hall–Kier alpha value is -1.56. The van der Waals surface area contributed by atoms with Gasteiger partial charge in [-0.05, 0) is 55.5 Å². The van der Waals surface area contributed by atoms with Gasteiger partial charge in [0.1, 0.15) is 11.1 Å². The summed E-state index contributed by atoms with van der Waals surface area (Å²) in [6.07, 6.45) is 4.43. The van der Waals surface area contributed by atoms with Crippen molar-refractivity contribution < 1.29 is 9.18 Å². The lowest BCUT2D eigenvalue weighted by Crippen LogP contribution is -2.48. The van der Waals surface area contributed by atoms with Gasteiger partial charge in [-0.15, -0.1) is 24.2 Å². The van der Waals surface area contributed by atoms with Crippen LogP contribution < -0.4 is 10.6 Å². The maximum atomic E-state index is 13.2. The standard InChI is InChI=1S/C21H23FN2OS.ClH/c22-15-6-10-19(11-7-15)26-20(14-4-2-1-3-5-14)21(25)24-18-12-16-8-9-17(13-18)23-16;/h1-7,10-11,16-18,20,23H,8-9,12-13H2,(H,24,25);1H. The molecule has 144 valence electrons. The molecule has 0 saturated carbocycles. The second-order valence-corrected chi connectivity index (χ2v) is 8.36. The Morgan fingerprint density at radius 3 is 2.30 bits per heavy atom. The van der Waals surface area contributed by atoms with E-state index in [2.05, 4.69) is 10.6 Å². The zero-order valence-corrected chi connectivity index (χ0v) is 16.6. The maximum Gasteiger partial charge on any atom is 0.238 e. The lowest BCUT2D eigenvalue weighted by Gasteiger charge is -2.31. The smallest absolute Gasteiger partial charge is 0.238 e. The van der Waals surface area contributed by atoms with Gasteiger partial charge in [-0.2, -0.15) is 0 Å². The molecular weight excluding hydrogens is 383 g/mol. The van der Waals surface area contributed by atoms with E-state index in [1.807, 2.05) is 30.3 Å². The Labute approximate surface area is 169 Å². The van der Waals surface area contributed by atoms with E-state index in [0.717, 1.165) is 23.3 Å². The fraction of sp³-hybridized carbons (Fsp3) is 0.381. The van der Waals surface area contributed by atoms with Crippen LogP contribution in [0.4, 0.5) is 4.39 Å². The van der Waals surface area contributed by atoms with Crippen molar-refractivity contribution in [2.24, 2.45) is 0 Å². The van der Waals surface area contributed by atoms with Gasteiger partial charge in [0, 0.05) is 23.0 Å². The third-order valence-corrected chi connectivity index (χ3v) is 6.49. The van der Waals surface area contributed by atoms with Gasteiger partial charge in [-0.25, -0.2) is 4.39 Å². The third kappa shape index (κ3) is 5.03.